The number of halogens is 1. The zero-order valence-electron chi connectivity index (χ0n) is 9.69. The van der Waals surface area contributed by atoms with Gasteiger partial charge in [0.25, 0.3) is 0 Å². The van der Waals surface area contributed by atoms with Gasteiger partial charge in [-0.2, -0.15) is 0 Å². The first-order valence-corrected chi connectivity index (χ1v) is 6.04. The van der Waals surface area contributed by atoms with Gasteiger partial charge in [-0.15, -0.1) is 0 Å². The summed E-state index contributed by atoms with van der Waals surface area (Å²) >= 11 is 5.78. The van der Waals surface area contributed by atoms with E-state index < -0.39 is 0 Å². The molecule has 0 bridgehead atoms. The molecule has 2 rings (SSSR count). The molecule has 1 aromatic carbocycles. The van der Waals surface area contributed by atoms with Crippen LogP contribution in [0.15, 0.2) is 24.3 Å². The predicted octanol–water partition coefficient (Wildman–Crippen LogP) is 2.29. The molecule has 5 heteroatoms. The fourth-order valence-corrected chi connectivity index (χ4v) is 2.11. The fraction of sp³-hybridized carbons (Fsp3) is 0.417. The number of nitrogens with two attached hydrogens (primary N) is 1. The first kappa shape index (κ1) is 12.2. The highest BCUT2D eigenvalue weighted by atomic mass is 35.5. The monoisotopic (exact) mass is 253 g/mol. The van der Waals surface area contributed by atoms with E-state index in [-0.39, 0.29) is 18.1 Å². The van der Waals surface area contributed by atoms with Gasteiger partial charge < -0.3 is 16.0 Å². The number of hydrogen-bond donors (Lipinski definition) is 2. The number of amides is 2. The molecule has 3 N–H and O–H groups in total. The smallest absolute Gasteiger partial charge is 0.322 e. The first-order valence-electron chi connectivity index (χ1n) is 5.66. The molecule has 0 spiro atoms. The average Bonchev–Trinajstić information content (AvgIpc) is 2.63. The van der Waals surface area contributed by atoms with E-state index in [4.69, 9.17) is 17.3 Å². The van der Waals surface area contributed by atoms with Crippen LogP contribution in [-0.2, 0) is 0 Å². The van der Waals surface area contributed by atoms with Gasteiger partial charge in [-0.1, -0.05) is 11.6 Å². The molecule has 92 valence electrons. The van der Waals surface area contributed by atoms with E-state index in [1.807, 2.05) is 6.92 Å². The van der Waals surface area contributed by atoms with E-state index in [2.05, 4.69) is 5.32 Å². The molecule has 0 saturated carbocycles. The van der Waals surface area contributed by atoms with Gasteiger partial charge in [0, 0.05) is 29.3 Å². The number of carbonyl (C=O) groups is 1. The summed E-state index contributed by atoms with van der Waals surface area (Å²) in [6.07, 6.45) is 0.856. The van der Waals surface area contributed by atoms with Gasteiger partial charge in [-0.3, -0.25) is 0 Å². The van der Waals surface area contributed by atoms with Crippen LogP contribution in [0, 0.1) is 0 Å². The summed E-state index contributed by atoms with van der Waals surface area (Å²) in [6.45, 7) is 2.68. The number of hydrogen-bond acceptors (Lipinski definition) is 2. The van der Waals surface area contributed by atoms with Crippen molar-refractivity contribution < 1.29 is 4.79 Å². The molecule has 1 aliphatic heterocycles. The van der Waals surface area contributed by atoms with Crippen LogP contribution in [0.3, 0.4) is 0 Å². The Morgan fingerprint density at radius 3 is 2.65 bits per heavy atom. The lowest BCUT2D eigenvalue weighted by Gasteiger charge is -2.23. The summed E-state index contributed by atoms with van der Waals surface area (Å²) in [5.74, 6) is 0. The minimum Gasteiger partial charge on any atom is -0.326 e. The molecule has 0 radical (unpaired) electrons. The quantitative estimate of drug-likeness (QED) is 0.807. The molecule has 2 amide bonds. The van der Waals surface area contributed by atoms with Crippen molar-refractivity contribution in [3.05, 3.63) is 29.3 Å². The Hall–Kier alpha value is -1.26. The van der Waals surface area contributed by atoms with Crippen molar-refractivity contribution in [3.63, 3.8) is 0 Å². The molecule has 1 aromatic rings. The highest BCUT2D eigenvalue weighted by Crippen LogP contribution is 2.18. The Balaban J connectivity index is 2.00. The molecular formula is C12H16ClN3O. The van der Waals surface area contributed by atoms with Crippen LogP contribution >= 0.6 is 11.6 Å². The second-order valence-electron chi connectivity index (χ2n) is 4.32. The van der Waals surface area contributed by atoms with Crippen molar-refractivity contribution in [2.75, 3.05) is 11.9 Å². The van der Waals surface area contributed by atoms with Crippen molar-refractivity contribution in [1.29, 1.82) is 0 Å². The molecule has 17 heavy (non-hydrogen) atoms. The number of nitrogens with zero attached hydrogens (tertiary/aromatic N) is 1. The number of carbonyl (C=O) groups excluding carboxylic acids is 1. The Bertz CT molecular complexity index is 407. The lowest BCUT2D eigenvalue weighted by molar-refractivity contribution is 0.208. The maximum Gasteiger partial charge on any atom is 0.322 e. The third-order valence-electron chi connectivity index (χ3n) is 3.17. The average molecular weight is 254 g/mol. The van der Waals surface area contributed by atoms with Crippen molar-refractivity contribution in [2.24, 2.45) is 5.73 Å². The summed E-state index contributed by atoms with van der Waals surface area (Å²) < 4.78 is 0. The molecule has 2 atom stereocenters. The van der Waals surface area contributed by atoms with Crippen LogP contribution in [0.1, 0.15) is 13.3 Å². The van der Waals surface area contributed by atoms with Gasteiger partial charge in [-0.25, -0.2) is 4.79 Å². The van der Waals surface area contributed by atoms with E-state index >= 15 is 0 Å². The van der Waals surface area contributed by atoms with Gasteiger partial charge in [0.1, 0.15) is 0 Å². The number of rotatable bonds is 1. The number of nitrogens with one attached hydrogen (secondary N) is 1. The van der Waals surface area contributed by atoms with Gasteiger partial charge in [-0.05, 0) is 37.6 Å². The van der Waals surface area contributed by atoms with Crippen LogP contribution in [0.2, 0.25) is 5.02 Å². The molecule has 4 nitrogen and oxygen atoms in total. The molecule has 1 aliphatic rings. The molecule has 0 aliphatic carbocycles. The lowest BCUT2D eigenvalue weighted by atomic mass is 10.2. The van der Waals surface area contributed by atoms with Gasteiger partial charge in [0.15, 0.2) is 0 Å². The van der Waals surface area contributed by atoms with E-state index in [0.29, 0.717) is 11.6 Å². The van der Waals surface area contributed by atoms with Crippen LogP contribution in [-0.4, -0.2) is 29.6 Å². The topological polar surface area (TPSA) is 58.4 Å². The number of benzene rings is 1. The second kappa shape index (κ2) is 4.94. The molecular weight excluding hydrogens is 238 g/mol. The van der Waals surface area contributed by atoms with Crippen LogP contribution in [0.4, 0.5) is 10.5 Å². The van der Waals surface area contributed by atoms with Crippen LogP contribution in [0.5, 0.6) is 0 Å². The SMILES string of the molecule is CC1C(N)CCN1C(=O)Nc1ccc(Cl)cc1. The predicted molar refractivity (Wildman–Crippen MR) is 69.2 cm³/mol. The van der Waals surface area contributed by atoms with Gasteiger partial charge >= 0.3 is 6.03 Å². The zero-order chi connectivity index (χ0) is 12.4. The first-order chi connectivity index (χ1) is 8.08. The Kier molecular flexibility index (Phi) is 3.54. The molecule has 2 unspecified atom stereocenters. The Morgan fingerprint density at radius 1 is 1.47 bits per heavy atom. The summed E-state index contributed by atoms with van der Waals surface area (Å²) in [7, 11) is 0. The normalized spacial score (nSPS) is 23.8. The van der Waals surface area contributed by atoms with Crippen molar-refractivity contribution in [1.82, 2.24) is 4.90 Å². The van der Waals surface area contributed by atoms with E-state index in [0.717, 1.165) is 12.1 Å². The van der Waals surface area contributed by atoms with E-state index in [9.17, 15) is 4.79 Å². The molecule has 1 saturated heterocycles. The van der Waals surface area contributed by atoms with Crippen molar-refractivity contribution in [2.45, 2.75) is 25.4 Å². The maximum atomic E-state index is 12.0. The highest BCUT2D eigenvalue weighted by molar-refractivity contribution is 6.30. The minimum absolute atomic E-state index is 0.0750. The molecule has 1 fully saturated rings. The summed E-state index contributed by atoms with van der Waals surface area (Å²) in [5.41, 5.74) is 6.62. The third-order valence-corrected chi connectivity index (χ3v) is 3.42. The highest BCUT2D eigenvalue weighted by Gasteiger charge is 2.31. The molecule has 1 heterocycles. The van der Waals surface area contributed by atoms with E-state index in [1.165, 1.54) is 0 Å². The second-order valence-corrected chi connectivity index (χ2v) is 4.76. The van der Waals surface area contributed by atoms with Crippen LogP contribution in [0.25, 0.3) is 0 Å². The van der Waals surface area contributed by atoms with E-state index in [1.54, 1.807) is 29.2 Å². The number of likely N-dealkylation sites (tertiary alicyclic amines) is 1. The summed E-state index contributed by atoms with van der Waals surface area (Å²) in [5, 5.41) is 3.49. The van der Waals surface area contributed by atoms with Crippen molar-refractivity contribution in [3.8, 4) is 0 Å². The van der Waals surface area contributed by atoms with Gasteiger partial charge in [0.05, 0.1) is 0 Å². The lowest BCUT2D eigenvalue weighted by Crippen LogP contribution is -2.42. The fourth-order valence-electron chi connectivity index (χ4n) is 1.98. The zero-order valence-corrected chi connectivity index (χ0v) is 10.4. The molecule has 0 aromatic heterocycles. The maximum absolute atomic E-state index is 12.0. The summed E-state index contributed by atoms with van der Waals surface area (Å²) in [6, 6.07) is 7.11. The Morgan fingerprint density at radius 2 is 2.12 bits per heavy atom. The van der Waals surface area contributed by atoms with Gasteiger partial charge in [0.2, 0.25) is 0 Å². The third kappa shape index (κ3) is 2.70. The Labute approximate surface area is 106 Å². The summed E-state index contributed by atoms with van der Waals surface area (Å²) in [4.78, 5) is 13.7. The largest absolute Gasteiger partial charge is 0.326 e. The standard InChI is InChI=1S/C12H16ClN3O/c1-8-11(14)6-7-16(8)12(17)15-10-4-2-9(13)3-5-10/h2-5,8,11H,6-7,14H2,1H3,(H,15,17). The number of urea groups is 1. The minimum atomic E-state index is -0.104. The van der Waals surface area contributed by atoms with Crippen molar-refractivity contribution >= 4 is 23.3 Å². The van der Waals surface area contributed by atoms with Crippen LogP contribution < -0.4 is 11.1 Å². The number of anilines is 1.